The summed E-state index contributed by atoms with van der Waals surface area (Å²) in [6, 6.07) is 8.60. The maximum absolute atomic E-state index is 13.9. The molecule has 1 heterocycles. The molecule has 2 nitrogen and oxygen atoms in total. The van der Waals surface area contributed by atoms with Gasteiger partial charge in [0.05, 0.1) is 12.7 Å². The highest BCUT2D eigenvalue weighted by molar-refractivity contribution is 5.70. The third-order valence-electron chi connectivity index (χ3n) is 2.86. The van der Waals surface area contributed by atoms with Gasteiger partial charge in [-0.3, -0.25) is 4.98 Å². The molecule has 2 aromatic rings. The number of hydrogen-bond donors (Lipinski definition) is 0. The van der Waals surface area contributed by atoms with E-state index in [4.69, 9.17) is 4.74 Å². The minimum absolute atomic E-state index is 0.298. The summed E-state index contributed by atoms with van der Waals surface area (Å²) < 4.78 is 19.1. The zero-order valence-corrected chi connectivity index (χ0v) is 10.8. The highest BCUT2D eigenvalue weighted by Gasteiger charge is 2.12. The molecule has 0 atom stereocenters. The van der Waals surface area contributed by atoms with E-state index in [-0.39, 0.29) is 5.82 Å². The number of pyridine rings is 1. The highest BCUT2D eigenvalue weighted by Crippen LogP contribution is 2.32. The summed E-state index contributed by atoms with van der Waals surface area (Å²) in [6.07, 6.45) is 1.69. The molecule has 0 spiro atoms. The predicted octanol–water partition coefficient (Wildman–Crippen LogP) is 4.02. The van der Waals surface area contributed by atoms with Crippen molar-refractivity contribution in [3.8, 4) is 16.9 Å². The summed E-state index contributed by atoms with van der Waals surface area (Å²) in [4.78, 5) is 4.35. The lowest BCUT2D eigenvalue weighted by Gasteiger charge is -2.10. The first-order valence-electron chi connectivity index (χ1n) is 5.92. The number of nitrogens with zero attached hydrogens (tertiary/aromatic N) is 1. The molecule has 0 unspecified atom stereocenters. The maximum Gasteiger partial charge on any atom is 0.134 e. The molecule has 0 radical (unpaired) electrons. The van der Waals surface area contributed by atoms with Crippen molar-refractivity contribution in [1.82, 2.24) is 4.98 Å². The zero-order chi connectivity index (χ0) is 13.1. The summed E-state index contributed by atoms with van der Waals surface area (Å²) in [7, 11) is 1.54. The van der Waals surface area contributed by atoms with E-state index in [9.17, 15) is 4.39 Å². The van der Waals surface area contributed by atoms with Crippen LogP contribution >= 0.6 is 0 Å². The second-order valence-electron chi connectivity index (χ2n) is 4.44. The molecular weight excluding hydrogens is 229 g/mol. The zero-order valence-electron chi connectivity index (χ0n) is 10.8. The Hall–Kier alpha value is -1.90. The van der Waals surface area contributed by atoms with Crippen molar-refractivity contribution in [2.24, 2.45) is 0 Å². The molecule has 0 aliphatic heterocycles. The van der Waals surface area contributed by atoms with Gasteiger partial charge in [-0.05, 0) is 24.1 Å². The van der Waals surface area contributed by atoms with Gasteiger partial charge in [-0.15, -0.1) is 0 Å². The lowest BCUT2D eigenvalue weighted by atomic mass is 10.0. The monoisotopic (exact) mass is 245 g/mol. The first-order valence-corrected chi connectivity index (χ1v) is 5.92. The van der Waals surface area contributed by atoms with Crippen molar-refractivity contribution < 1.29 is 9.13 Å². The van der Waals surface area contributed by atoms with Crippen LogP contribution in [0.4, 0.5) is 4.39 Å². The smallest absolute Gasteiger partial charge is 0.134 e. The number of halogens is 1. The molecule has 1 aromatic heterocycles. The normalized spacial score (nSPS) is 10.7. The van der Waals surface area contributed by atoms with Crippen molar-refractivity contribution in [3.05, 3.63) is 48.0 Å². The van der Waals surface area contributed by atoms with Crippen LogP contribution < -0.4 is 4.74 Å². The Labute approximate surface area is 106 Å². The van der Waals surface area contributed by atoms with Crippen LogP contribution in [-0.2, 0) is 0 Å². The summed E-state index contributed by atoms with van der Waals surface area (Å²) in [5, 5.41) is 0. The molecule has 0 aliphatic rings. The predicted molar refractivity (Wildman–Crippen MR) is 70.3 cm³/mol. The van der Waals surface area contributed by atoms with E-state index in [1.165, 1.54) is 13.2 Å². The van der Waals surface area contributed by atoms with Gasteiger partial charge in [0.25, 0.3) is 0 Å². The van der Waals surface area contributed by atoms with Gasteiger partial charge in [0.1, 0.15) is 11.6 Å². The minimum Gasteiger partial charge on any atom is -0.496 e. The lowest BCUT2D eigenvalue weighted by Crippen LogP contribution is -1.95. The van der Waals surface area contributed by atoms with E-state index >= 15 is 0 Å². The van der Waals surface area contributed by atoms with Gasteiger partial charge >= 0.3 is 0 Å². The number of methoxy groups -OCH3 is 1. The van der Waals surface area contributed by atoms with Crippen LogP contribution in [0.25, 0.3) is 11.1 Å². The highest BCUT2D eigenvalue weighted by atomic mass is 19.1. The first-order chi connectivity index (χ1) is 8.63. The maximum atomic E-state index is 13.9. The number of benzene rings is 1. The second kappa shape index (κ2) is 5.17. The van der Waals surface area contributed by atoms with Crippen molar-refractivity contribution in [2.75, 3.05) is 7.11 Å². The van der Waals surface area contributed by atoms with Crippen LogP contribution in [0.2, 0.25) is 0 Å². The summed E-state index contributed by atoms with van der Waals surface area (Å²) in [5.74, 6) is 0.587. The molecule has 0 N–H and O–H groups in total. The van der Waals surface area contributed by atoms with Crippen molar-refractivity contribution in [3.63, 3.8) is 0 Å². The van der Waals surface area contributed by atoms with Crippen LogP contribution in [0.15, 0.2) is 36.5 Å². The fourth-order valence-electron chi connectivity index (χ4n) is 1.85. The fraction of sp³-hybridized carbons (Fsp3) is 0.267. The van der Waals surface area contributed by atoms with Crippen molar-refractivity contribution >= 4 is 0 Å². The van der Waals surface area contributed by atoms with Crippen LogP contribution in [-0.4, -0.2) is 12.1 Å². The van der Waals surface area contributed by atoms with Gasteiger partial charge in [0, 0.05) is 17.5 Å². The Morgan fingerprint density at radius 2 is 1.94 bits per heavy atom. The molecule has 94 valence electrons. The quantitative estimate of drug-likeness (QED) is 0.814. The van der Waals surface area contributed by atoms with Gasteiger partial charge in [0.15, 0.2) is 0 Å². The Kier molecular flexibility index (Phi) is 3.60. The largest absolute Gasteiger partial charge is 0.496 e. The fourth-order valence-corrected chi connectivity index (χ4v) is 1.85. The lowest BCUT2D eigenvalue weighted by molar-refractivity contribution is 0.413. The Bertz CT molecular complexity index is 535. The van der Waals surface area contributed by atoms with E-state index in [1.807, 2.05) is 12.1 Å². The average Bonchev–Trinajstić information content (AvgIpc) is 2.38. The van der Waals surface area contributed by atoms with Crippen LogP contribution in [0, 0.1) is 5.82 Å². The van der Waals surface area contributed by atoms with E-state index in [2.05, 4.69) is 18.8 Å². The number of hydrogen-bond acceptors (Lipinski definition) is 2. The SMILES string of the molecule is COc1cccc(F)c1-c1ccc(C(C)C)nc1. The Morgan fingerprint density at radius 1 is 1.17 bits per heavy atom. The van der Waals surface area contributed by atoms with Crippen LogP contribution in [0.3, 0.4) is 0 Å². The Balaban J connectivity index is 2.48. The second-order valence-corrected chi connectivity index (χ2v) is 4.44. The molecule has 0 amide bonds. The molecule has 0 saturated heterocycles. The van der Waals surface area contributed by atoms with E-state index in [0.29, 0.717) is 17.2 Å². The van der Waals surface area contributed by atoms with Gasteiger partial charge < -0.3 is 4.74 Å². The molecule has 1 aromatic carbocycles. The first kappa shape index (κ1) is 12.6. The van der Waals surface area contributed by atoms with Crippen LogP contribution in [0.1, 0.15) is 25.5 Å². The molecule has 2 rings (SSSR count). The molecule has 18 heavy (non-hydrogen) atoms. The van der Waals surface area contributed by atoms with Crippen molar-refractivity contribution in [1.29, 1.82) is 0 Å². The molecule has 3 heteroatoms. The van der Waals surface area contributed by atoms with Crippen molar-refractivity contribution in [2.45, 2.75) is 19.8 Å². The minimum atomic E-state index is -0.298. The van der Waals surface area contributed by atoms with E-state index < -0.39 is 0 Å². The third kappa shape index (κ3) is 2.35. The van der Waals surface area contributed by atoms with Crippen LogP contribution in [0.5, 0.6) is 5.75 Å². The van der Waals surface area contributed by atoms with E-state index in [1.54, 1.807) is 18.3 Å². The van der Waals surface area contributed by atoms with E-state index in [0.717, 1.165) is 11.3 Å². The number of rotatable bonds is 3. The number of aromatic nitrogens is 1. The Morgan fingerprint density at radius 3 is 2.50 bits per heavy atom. The van der Waals surface area contributed by atoms with Gasteiger partial charge in [-0.25, -0.2) is 4.39 Å². The summed E-state index contributed by atoms with van der Waals surface area (Å²) in [6.45, 7) is 4.15. The van der Waals surface area contributed by atoms with Gasteiger partial charge in [0.2, 0.25) is 0 Å². The van der Waals surface area contributed by atoms with Gasteiger partial charge in [-0.2, -0.15) is 0 Å². The third-order valence-corrected chi connectivity index (χ3v) is 2.86. The standard InChI is InChI=1S/C15H16FNO/c1-10(2)13-8-7-11(9-17-13)15-12(16)5-4-6-14(15)18-3/h4-10H,1-3H3. The van der Waals surface area contributed by atoms with Gasteiger partial charge in [-0.1, -0.05) is 26.0 Å². The topological polar surface area (TPSA) is 22.1 Å². The molecule has 0 fully saturated rings. The molecule has 0 aliphatic carbocycles. The average molecular weight is 245 g/mol. The molecular formula is C15H16FNO. The number of ether oxygens (including phenoxy) is 1. The summed E-state index contributed by atoms with van der Waals surface area (Å²) in [5.41, 5.74) is 2.19. The molecule has 0 saturated carbocycles. The molecule has 0 bridgehead atoms. The summed E-state index contributed by atoms with van der Waals surface area (Å²) >= 11 is 0.